The van der Waals surface area contributed by atoms with Gasteiger partial charge in [0.25, 0.3) is 0 Å². The van der Waals surface area contributed by atoms with Crippen molar-refractivity contribution in [2.24, 2.45) is 0 Å². The zero-order valence-electron chi connectivity index (χ0n) is 20.1. The molecule has 1 spiro atoms. The van der Waals surface area contributed by atoms with E-state index in [4.69, 9.17) is 29.3 Å². The summed E-state index contributed by atoms with van der Waals surface area (Å²) in [6.45, 7) is 6.51. The molecule has 2 aliphatic rings. The van der Waals surface area contributed by atoms with Gasteiger partial charge in [0.2, 0.25) is 0 Å². The molecule has 2 aliphatic heterocycles. The Morgan fingerprint density at radius 3 is 2.21 bits per heavy atom. The first kappa shape index (κ1) is 31.5. The lowest BCUT2D eigenvalue weighted by Crippen LogP contribution is -2.65. The minimum Gasteiger partial charge on any atom is -0.475 e. The molecule has 0 radical (unpaired) electrons. The van der Waals surface area contributed by atoms with E-state index in [1.54, 1.807) is 0 Å². The van der Waals surface area contributed by atoms with Crippen molar-refractivity contribution < 1.29 is 55.6 Å². The van der Waals surface area contributed by atoms with Gasteiger partial charge in [-0.15, -0.1) is 11.3 Å². The zero-order valence-corrected chi connectivity index (χ0v) is 20.9. The van der Waals surface area contributed by atoms with Gasteiger partial charge >= 0.3 is 24.3 Å². The average molecular weight is 573 g/mol. The molecule has 15 heteroatoms. The molecule has 0 amide bonds. The summed E-state index contributed by atoms with van der Waals surface area (Å²) in [5, 5.41) is 16.4. The molecule has 1 unspecified atom stereocenters. The standard InChI is InChI=1S/C19H24N2O2S.2C2HF3O2/c1-15-4-2-5-16(20-15)12-22-17-7-8-23-19(10-17)13-21(14-19)11-18-6-3-9-24-18;2*3-2(4,5)1(6)7/h2-6,9,17H,7-8,10-14H2,1H3;2*(H,6,7). The van der Waals surface area contributed by atoms with E-state index < -0.39 is 24.3 Å². The summed E-state index contributed by atoms with van der Waals surface area (Å²) in [4.78, 5) is 26.2. The fraction of sp³-hybridized carbons (Fsp3) is 0.522. The first-order valence-corrected chi connectivity index (χ1v) is 12.0. The van der Waals surface area contributed by atoms with Crippen LogP contribution in [0.4, 0.5) is 26.3 Å². The summed E-state index contributed by atoms with van der Waals surface area (Å²) < 4.78 is 75.7. The van der Waals surface area contributed by atoms with E-state index in [9.17, 15) is 26.3 Å². The number of ether oxygens (including phenoxy) is 2. The van der Waals surface area contributed by atoms with E-state index in [2.05, 4.69) is 27.4 Å². The second-order valence-corrected chi connectivity index (χ2v) is 9.59. The maximum atomic E-state index is 10.6. The predicted octanol–water partition coefficient (Wildman–Crippen LogP) is 4.67. The van der Waals surface area contributed by atoms with Crippen LogP contribution in [0.15, 0.2) is 35.7 Å². The third-order valence-corrected chi connectivity index (χ3v) is 6.19. The van der Waals surface area contributed by atoms with Crippen molar-refractivity contribution in [3.8, 4) is 0 Å². The van der Waals surface area contributed by atoms with E-state index >= 15 is 0 Å². The van der Waals surface area contributed by atoms with Gasteiger partial charge in [-0.2, -0.15) is 26.3 Å². The lowest BCUT2D eigenvalue weighted by molar-refractivity contribution is -0.200. The largest absolute Gasteiger partial charge is 0.490 e. The quantitative estimate of drug-likeness (QED) is 0.498. The Balaban J connectivity index is 0.000000301. The summed E-state index contributed by atoms with van der Waals surface area (Å²) in [6, 6.07) is 10.4. The Hall–Kier alpha value is -2.75. The van der Waals surface area contributed by atoms with Crippen LogP contribution in [0.25, 0.3) is 0 Å². The number of carbonyl (C=O) groups is 2. The van der Waals surface area contributed by atoms with Crippen molar-refractivity contribution in [1.29, 1.82) is 0 Å². The predicted molar refractivity (Wildman–Crippen MR) is 122 cm³/mol. The summed E-state index contributed by atoms with van der Waals surface area (Å²) in [7, 11) is 0. The smallest absolute Gasteiger partial charge is 0.475 e. The van der Waals surface area contributed by atoms with Gasteiger partial charge in [-0.1, -0.05) is 12.1 Å². The topological polar surface area (TPSA) is 109 Å². The van der Waals surface area contributed by atoms with Crippen LogP contribution in [-0.2, 0) is 32.2 Å². The molecule has 8 nitrogen and oxygen atoms in total. The molecule has 4 heterocycles. The Kier molecular flexibility index (Phi) is 11.1. The number of rotatable bonds is 5. The molecule has 2 aromatic heterocycles. The number of alkyl halides is 6. The third-order valence-electron chi connectivity index (χ3n) is 5.33. The maximum absolute atomic E-state index is 10.6. The number of pyridine rings is 1. The van der Waals surface area contributed by atoms with Gasteiger partial charge in [0.05, 0.1) is 24.0 Å². The van der Waals surface area contributed by atoms with Gasteiger partial charge in [-0.25, -0.2) is 9.59 Å². The number of aryl methyl sites for hydroxylation is 1. The number of carboxylic acid groups (broad SMARTS) is 2. The van der Waals surface area contributed by atoms with Gasteiger partial charge in [0.1, 0.15) is 0 Å². The van der Waals surface area contributed by atoms with Gasteiger partial charge in [0.15, 0.2) is 0 Å². The molecular weight excluding hydrogens is 546 g/mol. The van der Waals surface area contributed by atoms with Crippen LogP contribution in [-0.4, -0.2) is 75.8 Å². The lowest BCUT2D eigenvalue weighted by Gasteiger charge is -2.53. The molecule has 38 heavy (non-hydrogen) atoms. The van der Waals surface area contributed by atoms with E-state index in [1.807, 2.05) is 36.5 Å². The summed E-state index contributed by atoms with van der Waals surface area (Å²) in [5.41, 5.74) is 2.08. The molecule has 2 fully saturated rings. The summed E-state index contributed by atoms with van der Waals surface area (Å²) in [5.74, 6) is -5.51. The van der Waals surface area contributed by atoms with Crippen LogP contribution >= 0.6 is 11.3 Å². The van der Waals surface area contributed by atoms with Crippen molar-refractivity contribution in [2.75, 3.05) is 19.7 Å². The number of thiophene rings is 1. The first-order valence-electron chi connectivity index (χ1n) is 11.1. The van der Waals surface area contributed by atoms with Crippen molar-refractivity contribution in [3.05, 3.63) is 52.0 Å². The first-order chi connectivity index (χ1) is 17.6. The molecule has 0 aromatic carbocycles. The molecular formula is C23H26F6N2O6S. The number of aromatic nitrogens is 1. The van der Waals surface area contributed by atoms with Gasteiger partial charge in [0, 0.05) is 43.2 Å². The molecule has 0 bridgehead atoms. The molecule has 2 saturated heterocycles. The number of likely N-dealkylation sites (tertiary alicyclic amines) is 1. The van der Waals surface area contributed by atoms with E-state index in [1.165, 1.54) is 4.88 Å². The second kappa shape index (κ2) is 13.4. The minimum absolute atomic E-state index is 0.0141. The fourth-order valence-corrected chi connectivity index (χ4v) is 4.48. The van der Waals surface area contributed by atoms with Gasteiger partial charge in [-0.3, -0.25) is 9.88 Å². The molecule has 4 rings (SSSR count). The van der Waals surface area contributed by atoms with Gasteiger partial charge < -0.3 is 19.7 Å². The number of nitrogens with zero attached hydrogens (tertiary/aromatic N) is 2. The Labute approximate surface area is 217 Å². The maximum Gasteiger partial charge on any atom is 0.490 e. The molecule has 1 atom stereocenters. The molecule has 0 saturated carbocycles. The van der Waals surface area contributed by atoms with Crippen molar-refractivity contribution in [2.45, 2.75) is 57.0 Å². The number of hydrogen-bond donors (Lipinski definition) is 2. The normalized spacial score (nSPS) is 18.9. The van der Waals surface area contributed by atoms with Crippen LogP contribution in [0.2, 0.25) is 0 Å². The average Bonchev–Trinajstić information content (AvgIpc) is 3.30. The second-order valence-electron chi connectivity index (χ2n) is 8.56. The van der Waals surface area contributed by atoms with Crippen molar-refractivity contribution >= 4 is 23.3 Å². The van der Waals surface area contributed by atoms with E-state index in [-0.39, 0.29) is 11.7 Å². The van der Waals surface area contributed by atoms with Crippen molar-refractivity contribution in [3.63, 3.8) is 0 Å². The number of halogens is 6. The van der Waals surface area contributed by atoms with Crippen LogP contribution in [0, 0.1) is 6.92 Å². The minimum atomic E-state index is -5.08. The fourth-order valence-electron chi connectivity index (χ4n) is 3.73. The number of aliphatic carboxylic acids is 2. The monoisotopic (exact) mass is 572 g/mol. The van der Waals surface area contributed by atoms with Gasteiger partial charge in [-0.05, 0) is 36.9 Å². The van der Waals surface area contributed by atoms with Crippen molar-refractivity contribution in [1.82, 2.24) is 9.88 Å². The molecule has 212 valence electrons. The summed E-state index contributed by atoms with van der Waals surface area (Å²) >= 11 is 1.83. The summed E-state index contributed by atoms with van der Waals surface area (Å²) in [6.07, 6.45) is -7.90. The molecule has 2 aromatic rings. The van der Waals surface area contributed by atoms with Crippen LogP contribution < -0.4 is 0 Å². The molecule has 0 aliphatic carbocycles. The highest BCUT2D eigenvalue weighted by molar-refractivity contribution is 7.09. The number of hydrogen-bond acceptors (Lipinski definition) is 7. The van der Waals surface area contributed by atoms with Crippen LogP contribution in [0.5, 0.6) is 0 Å². The van der Waals surface area contributed by atoms with Crippen LogP contribution in [0.3, 0.4) is 0 Å². The SMILES string of the molecule is Cc1cccc(COC2CCOC3(C2)CN(Cc2cccs2)C3)n1.O=C(O)C(F)(F)F.O=C(O)C(F)(F)F. The Morgan fingerprint density at radius 1 is 1.11 bits per heavy atom. The lowest BCUT2D eigenvalue weighted by atomic mass is 9.84. The van der Waals surface area contributed by atoms with E-state index in [0.29, 0.717) is 6.61 Å². The third kappa shape index (κ3) is 10.6. The molecule has 2 N–H and O–H groups in total. The highest BCUT2D eigenvalue weighted by Gasteiger charge is 2.47. The highest BCUT2D eigenvalue weighted by atomic mass is 32.1. The van der Waals surface area contributed by atoms with Crippen LogP contribution in [0.1, 0.15) is 29.1 Å². The zero-order chi connectivity index (χ0) is 28.6. The Morgan fingerprint density at radius 2 is 1.71 bits per heavy atom. The number of carboxylic acids is 2. The Bertz CT molecular complexity index is 1020. The van der Waals surface area contributed by atoms with E-state index in [0.717, 1.165) is 50.5 Å². The highest BCUT2D eigenvalue weighted by Crippen LogP contribution is 2.36.